The number of hydrogen-bond acceptors (Lipinski definition) is 4. The summed E-state index contributed by atoms with van der Waals surface area (Å²) < 4.78 is 15.2. The van der Waals surface area contributed by atoms with Crippen molar-refractivity contribution in [2.75, 3.05) is 11.9 Å². The number of aromatic nitrogens is 2. The first-order valence-corrected chi connectivity index (χ1v) is 7.85. The van der Waals surface area contributed by atoms with Crippen LogP contribution in [-0.4, -0.2) is 21.0 Å². The summed E-state index contributed by atoms with van der Waals surface area (Å²) >= 11 is 0. The lowest BCUT2D eigenvalue weighted by Gasteiger charge is -2.10. The van der Waals surface area contributed by atoms with Gasteiger partial charge >= 0.3 is 0 Å². The molecule has 2 aromatic carbocycles. The van der Waals surface area contributed by atoms with Crippen LogP contribution in [-0.2, 0) is 13.0 Å². The van der Waals surface area contributed by atoms with Gasteiger partial charge in [-0.15, -0.1) is 0 Å². The van der Waals surface area contributed by atoms with E-state index in [1.54, 1.807) is 6.20 Å². The smallest absolute Gasteiger partial charge is 0.295 e. The summed E-state index contributed by atoms with van der Waals surface area (Å²) in [4.78, 5) is 14.8. The summed E-state index contributed by atoms with van der Waals surface area (Å²) in [7, 11) is 0. The molecule has 25 heavy (non-hydrogen) atoms. The number of hydrogen-bond donors (Lipinski definition) is 1. The minimum Gasteiger partial charge on any atom is -0.379 e. The highest BCUT2D eigenvalue weighted by molar-refractivity contribution is 5.61. The maximum atomic E-state index is 13.2. The Morgan fingerprint density at radius 1 is 1.20 bits per heavy atom. The lowest BCUT2D eigenvalue weighted by molar-refractivity contribution is -0.384. The van der Waals surface area contributed by atoms with E-state index in [1.165, 1.54) is 17.7 Å². The molecule has 3 rings (SSSR count). The molecule has 6 nitrogen and oxygen atoms in total. The Morgan fingerprint density at radius 2 is 2.00 bits per heavy atom. The molecule has 0 spiro atoms. The monoisotopic (exact) mass is 340 g/mol. The van der Waals surface area contributed by atoms with Crippen molar-refractivity contribution < 1.29 is 9.31 Å². The Morgan fingerprint density at radius 3 is 2.76 bits per heavy atom. The number of benzene rings is 2. The summed E-state index contributed by atoms with van der Waals surface area (Å²) in [6.45, 7) is 1.17. The predicted molar refractivity (Wildman–Crippen MR) is 93.0 cm³/mol. The molecule has 0 saturated heterocycles. The number of nitrogens with one attached hydrogen (secondary N) is 1. The number of halogens is 1. The van der Waals surface area contributed by atoms with Gasteiger partial charge in [0.15, 0.2) is 0 Å². The number of nitro groups is 1. The van der Waals surface area contributed by atoms with Gasteiger partial charge in [-0.2, -0.15) is 0 Å². The Balaban J connectivity index is 1.64. The third kappa shape index (κ3) is 4.20. The highest BCUT2D eigenvalue weighted by Gasteiger charge is 2.14. The quantitative estimate of drug-likeness (QED) is 0.526. The molecule has 3 aromatic rings. The maximum absolute atomic E-state index is 13.2. The van der Waals surface area contributed by atoms with E-state index in [4.69, 9.17) is 0 Å². The van der Waals surface area contributed by atoms with E-state index < -0.39 is 10.7 Å². The topological polar surface area (TPSA) is 73.0 Å². The van der Waals surface area contributed by atoms with Crippen molar-refractivity contribution in [3.05, 3.63) is 88.2 Å². The van der Waals surface area contributed by atoms with Gasteiger partial charge in [0.2, 0.25) is 0 Å². The summed E-state index contributed by atoms with van der Waals surface area (Å²) in [5.41, 5.74) is 1.20. The van der Waals surface area contributed by atoms with Crippen molar-refractivity contribution in [1.82, 2.24) is 9.55 Å². The lowest BCUT2D eigenvalue weighted by Crippen LogP contribution is -2.12. The molecule has 0 aliphatic rings. The van der Waals surface area contributed by atoms with E-state index in [9.17, 15) is 14.5 Å². The van der Waals surface area contributed by atoms with E-state index >= 15 is 0 Å². The molecule has 128 valence electrons. The van der Waals surface area contributed by atoms with E-state index in [-0.39, 0.29) is 5.69 Å². The summed E-state index contributed by atoms with van der Waals surface area (Å²) in [5.74, 6) is 0.247. The zero-order chi connectivity index (χ0) is 17.6. The van der Waals surface area contributed by atoms with Crippen LogP contribution in [0.1, 0.15) is 11.4 Å². The third-order valence-corrected chi connectivity index (χ3v) is 3.82. The Labute approximate surface area is 144 Å². The summed E-state index contributed by atoms with van der Waals surface area (Å²) in [6.07, 6.45) is 4.23. The van der Waals surface area contributed by atoms with Gasteiger partial charge in [0, 0.05) is 31.9 Å². The van der Waals surface area contributed by atoms with Gasteiger partial charge in [-0.3, -0.25) is 10.1 Å². The van der Waals surface area contributed by atoms with Crippen LogP contribution in [0.2, 0.25) is 0 Å². The van der Waals surface area contributed by atoms with Crippen LogP contribution in [0.25, 0.3) is 0 Å². The molecule has 0 fully saturated rings. The molecular formula is C18H17FN4O2. The Hall–Kier alpha value is -3.22. The number of nitro benzene ring substituents is 1. The van der Waals surface area contributed by atoms with Gasteiger partial charge in [0.25, 0.3) is 5.69 Å². The van der Waals surface area contributed by atoms with E-state index in [0.717, 1.165) is 11.9 Å². The first-order chi connectivity index (χ1) is 12.1. The van der Waals surface area contributed by atoms with Crippen LogP contribution in [0.4, 0.5) is 15.8 Å². The van der Waals surface area contributed by atoms with Crippen molar-refractivity contribution in [3.8, 4) is 0 Å². The van der Waals surface area contributed by atoms with Crippen molar-refractivity contribution >= 4 is 11.4 Å². The maximum Gasteiger partial charge on any atom is 0.295 e. The zero-order valence-corrected chi connectivity index (χ0v) is 13.4. The van der Waals surface area contributed by atoms with Crippen LogP contribution in [0.15, 0.2) is 60.9 Å². The second kappa shape index (κ2) is 7.57. The molecule has 7 heteroatoms. The van der Waals surface area contributed by atoms with E-state index in [1.807, 2.05) is 41.1 Å². The summed E-state index contributed by atoms with van der Waals surface area (Å²) in [5, 5.41) is 14.0. The van der Waals surface area contributed by atoms with Gasteiger partial charge in [0.05, 0.1) is 11.0 Å². The van der Waals surface area contributed by atoms with Gasteiger partial charge in [-0.1, -0.05) is 30.3 Å². The average Bonchev–Trinajstić information content (AvgIpc) is 3.04. The highest BCUT2D eigenvalue weighted by atomic mass is 19.1. The zero-order valence-electron chi connectivity index (χ0n) is 13.4. The minimum atomic E-state index is -0.629. The van der Waals surface area contributed by atoms with Crippen molar-refractivity contribution in [2.45, 2.75) is 13.0 Å². The second-order valence-electron chi connectivity index (χ2n) is 5.55. The third-order valence-electron chi connectivity index (χ3n) is 3.82. The Kier molecular flexibility index (Phi) is 5.03. The number of anilines is 1. The largest absolute Gasteiger partial charge is 0.379 e. The standard InChI is InChI=1S/C18H17FN4O2/c19-15-6-7-16(17(12-15)23(24)25)20-9-8-18-21-10-11-22(18)13-14-4-2-1-3-5-14/h1-7,10-12,20H,8-9,13H2. The van der Waals surface area contributed by atoms with Crippen molar-refractivity contribution in [2.24, 2.45) is 0 Å². The van der Waals surface area contributed by atoms with Gasteiger partial charge in [0.1, 0.15) is 17.3 Å². The molecular weight excluding hydrogens is 323 g/mol. The van der Waals surface area contributed by atoms with Crippen LogP contribution in [0.5, 0.6) is 0 Å². The minimum absolute atomic E-state index is 0.271. The molecule has 1 aromatic heterocycles. The lowest BCUT2D eigenvalue weighted by atomic mass is 10.2. The molecule has 1 heterocycles. The van der Waals surface area contributed by atoms with E-state index in [2.05, 4.69) is 10.3 Å². The van der Waals surface area contributed by atoms with Crippen molar-refractivity contribution in [1.29, 1.82) is 0 Å². The first-order valence-electron chi connectivity index (χ1n) is 7.85. The van der Waals surface area contributed by atoms with Gasteiger partial charge in [-0.05, 0) is 17.7 Å². The fourth-order valence-electron chi connectivity index (χ4n) is 2.61. The van der Waals surface area contributed by atoms with Gasteiger partial charge < -0.3 is 9.88 Å². The normalized spacial score (nSPS) is 10.6. The molecule has 0 saturated carbocycles. The van der Waals surface area contributed by atoms with Gasteiger partial charge in [-0.25, -0.2) is 9.37 Å². The Bertz CT molecular complexity index is 865. The molecule has 0 aliphatic carbocycles. The molecule has 0 bridgehead atoms. The molecule has 0 radical (unpaired) electrons. The van der Waals surface area contributed by atoms with Crippen molar-refractivity contribution in [3.63, 3.8) is 0 Å². The fraction of sp³-hybridized carbons (Fsp3) is 0.167. The number of imidazole rings is 1. The second-order valence-corrected chi connectivity index (χ2v) is 5.55. The fourth-order valence-corrected chi connectivity index (χ4v) is 2.61. The number of nitrogens with zero attached hydrogens (tertiary/aromatic N) is 3. The molecule has 0 unspecified atom stereocenters. The van der Waals surface area contributed by atoms with Crippen LogP contribution in [0.3, 0.4) is 0 Å². The SMILES string of the molecule is O=[N+]([O-])c1cc(F)ccc1NCCc1nccn1Cc1ccccc1. The molecule has 1 N–H and O–H groups in total. The van der Waals surface area contributed by atoms with Crippen LogP contribution >= 0.6 is 0 Å². The van der Waals surface area contributed by atoms with E-state index in [0.29, 0.717) is 25.2 Å². The number of rotatable bonds is 7. The van der Waals surface area contributed by atoms with Crippen LogP contribution < -0.4 is 5.32 Å². The predicted octanol–water partition coefficient (Wildman–Crippen LogP) is 3.63. The van der Waals surface area contributed by atoms with Crippen LogP contribution in [0, 0.1) is 15.9 Å². The summed E-state index contributed by atoms with van der Waals surface area (Å²) in [6, 6.07) is 13.5. The molecule has 0 amide bonds. The first kappa shape index (κ1) is 16.6. The molecule has 0 atom stereocenters. The molecule has 0 aliphatic heterocycles. The average molecular weight is 340 g/mol. The highest BCUT2D eigenvalue weighted by Crippen LogP contribution is 2.24.